The van der Waals surface area contributed by atoms with Crippen molar-refractivity contribution in [2.45, 2.75) is 13.5 Å². The molecule has 2 aromatic carbocycles. The Morgan fingerprint density at radius 3 is 2.73 bits per heavy atom. The average molecular weight is 473 g/mol. The highest BCUT2D eigenvalue weighted by Gasteiger charge is 2.32. The topological polar surface area (TPSA) is 66.3 Å². The van der Waals surface area contributed by atoms with Crippen molar-refractivity contribution < 1.29 is 24.3 Å². The van der Waals surface area contributed by atoms with E-state index in [2.05, 4.69) is 27.8 Å². The van der Waals surface area contributed by atoms with Crippen LogP contribution >= 0.6 is 15.9 Å². The van der Waals surface area contributed by atoms with E-state index in [0.29, 0.717) is 29.2 Å². The molecule has 0 bridgehead atoms. The van der Waals surface area contributed by atoms with Crippen molar-refractivity contribution in [3.8, 4) is 17.2 Å². The summed E-state index contributed by atoms with van der Waals surface area (Å²) in [7, 11) is 1.58. The molecule has 0 amide bonds. The van der Waals surface area contributed by atoms with E-state index in [0.717, 1.165) is 42.8 Å². The fraction of sp³-hybridized carbons (Fsp3) is 0.348. The van der Waals surface area contributed by atoms with Crippen LogP contribution in [0.2, 0.25) is 0 Å². The largest absolute Gasteiger partial charge is 0.872 e. The zero-order valence-electron chi connectivity index (χ0n) is 17.2. The number of ketones is 1. The van der Waals surface area contributed by atoms with Crippen LogP contribution in [0.3, 0.4) is 0 Å². The van der Waals surface area contributed by atoms with Crippen LogP contribution in [-0.4, -0.2) is 50.5 Å². The SMILES string of the molecule is CCN1CC[NH+](Cc2c([O-])ccc3c2OC(=Cc2cc(Br)ccc2OC)C3=O)CC1. The molecule has 0 saturated carbocycles. The molecule has 1 N–H and O–H groups in total. The van der Waals surface area contributed by atoms with E-state index < -0.39 is 0 Å². The summed E-state index contributed by atoms with van der Waals surface area (Å²) in [5.74, 6) is 0.977. The minimum Gasteiger partial charge on any atom is -0.872 e. The second-order valence-electron chi connectivity index (χ2n) is 7.61. The molecule has 0 spiro atoms. The van der Waals surface area contributed by atoms with E-state index in [1.807, 2.05) is 18.2 Å². The zero-order chi connectivity index (χ0) is 21.3. The molecule has 7 heteroatoms. The van der Waals surface area contributed by atoms with Gasteiger partial charge in [-0.1, -0.05) is 34.7 Å². The molecule has 0 aliphatic carbocycles. The van der Waals surface area contributed by atoms with Gasteiger partial charge in [-0.05, 0) is 36.9 Å². The first kappa shape index (κ1) is 20.9. The normalized spacial score (nSPS) is 18.5. The number of nitrogens with one attached hydrogen (secondary N) is 1. The number of nitrogens with zero attached hydrogens (tertiary/aromatic N) is 1. The van der Waals surface area contributed by atoms with E-state index >= 15 is 0 Å². The number of halogens is 1. The first-order chi connectivity index (χ1) is 14.5. The van der Waals surface area contributed by atoms with Gasteiger partial charge in [0.05, 0.1) is 25.8 Å². The number of piperazine rings is 1. The van der Waals surface area contributed by atoms with Gasteiger partial charge in [0.2, 0.25) is 5.78 Å². The van der Waals surface area contributed by atoms with Gasteiger partial charge < -0.3 is 19.5 Å². The molecular weight excluding hydrogens is 448 g/mol. The lowest BCUT2D eigenvalue weighted by atomic mass is 10.0. The molecule has 158 valence electrons. The molecule has 2 aliphatic heterocycles. The highest BCUT2D eigenvalue weighted by atomic mass is 79.9. The Kier molecular flexibility index (Phi) is 6.13. The Labute approximate surface area is 184 Å². The number of carbonyl (C=O) groups is 1. The maximum atomic E-state index is 13.0. The van der Waals surface area contributed by atoms with Gasteiger partial charge in [0.15, 0.2) is 5.76 Å². The van der Waals surface area contributed by atoms with Gasteiger partial charge in [-0.15, -0.1) is 0 Å². The van der Waals surface area contributed by atoms with Crippen LogP contribution in [0.15, 0.2) is 40.6 Å². The van der Waals surface area contributed by atoms with Crippen molar-refractivity contribution in [1.29, 1.82) is 0 Å². The highest BCUT2D eigenvalue weighted by Crippen LogP contribution is 2.39. The van der Waals surface area contributed by atoms with Crippen molar-refractivity contribution in [1.82, 2.24) is 4.90 Å². The first-order valence-electron chi connectivity index (χ1n) is 10.2. The summed E-state index contributed by atoms with van der Waals surface area (Å²) in [5.41, 5.74) is 1.77. The third-order valence-electron chi connectivity index (χ3n) is 5.81. The van der Waals surface area contributed by atoms with Gasteiger partial charge >= 0.3 is 0 Å². The molecule has 1 fully saturated rings. The van der Waals surface area contributed by atoms with Crippen LogP contribution in [0.4, 0.5) is 0 Å². The number of hydrogen-bond acceptors (Lipinski definition) is 5. The van der Waals surface area contributed by atoms with E-state index in [9.17, 15) is 9.90 Å². The number of benzene rings is 2. The van der Waals surface area contributed by atoms with Crippen LogP contribution < -0.4 is 19.5 Å². The molecular formula is C23H25BrN2O4. The van der Waals surface area contributed by atoms with Crippen molar-refractivity contribution >= 4 is 27.8 Å². The van der Waals surface area contributed by atoms with Gasteiger partial charge in [0.25, 0.3) is 0 Å². The lowest BCUT2D eigenvalue weighted by molar-refractivity contribution is -0.918. The van der Waals surface area contributed by atoms with Gasteiger partial charge in [-0.25, -0.2) is 0 Å². The third kappa shape index (κ3) is 4.10. The smallest absolute Gasteiger partial charge is 0.231 e. The quantitative estimate of drug-likeness (QED) is 0.672. The monoisotopic (exact) mass is 472 g/mol. The fourth-order valence-corrected chi connectivity index (χ4v) is 4.41. The van der Waals surface area contributed by atoms with E-state index in [1.165, 1.54) is 11.0 Å². The van der Waals surface area contributed by atoms with Gasteiger partial charge in [0, 0.05) is 28.7 Å². The van der Waals surface area contributed by atoms with Crippen LogP contribution in [0.25, 0.3) is 6.08 Å². The number of likely N-dealkylation sites (N-methyl/N-ethyl adjacent to an activating group) is 1. The Bertz CT molecular complexity index is 997. The molecule has 2 aromatic rings. The van der Waals surface area contributed by atoms with Crippen molar-refractivity contribution in [2.75, 3.05) is 39.8 Å². The van der Waals surface area contributed by atoms with Crippen LogP contribution in [-0.2, 0) is 6.54 Å². The summed E-state index contributed by atoms with van der Waals surface area (Å²) in [6.45, 7) is 7.77. The molecule has 4 rings (SSSR count). The minimum absolute atomic E-state index is 0.0757. The Morgan fingerprint density at radius 2 is 2.03 bits per heavy atom. The van der Waals surface area contributed by atoms with E-state index in [1.54, 1.807) is 19.3 Å². The van der Waals surface area contributed by atoms with Crippen molar-refractivity contribution in [3.05, 3.63) is 57.3 Å². The molecule has 2 aliphatic rings. The van der Waals surface area contributed by atoms with Crippen molar-refractivity contribution in [3.63, 3.8) is 0 Å². The molecule has 0 unspecified atom stereocenters. The van der Waals surface area contributed by atoms with Gasteiger partial charge in [-0.2, -0.15) is 0 Å². The number of methoxy groups -OCH3 is 1. The van der Waals surface area contributed by atoms with Gasteiger partial charge in [-0.3, -0.25) is 9.69 Å². The molecule has 0 radical (unpaired) electrons. The maximum absolute atomic E-state index is 13.0. The third-order valence-corrected chi connectivity index (χ3v) is 6.31. The summed E-state index contributed by atoms with van der Waals surface area (Å²) >= 11 is 3.45. The van der Waals surface area contributed by atoms with Crippen LogP contribution in [0, 0.1) is 0 Å². The standard InChI is InChI=1S/C23H25BrN2O4/c1-3-25-8-10-26(11-9-25)14-18-19(27)6-5-17-22(28)21(30-23(17)18)13-15-12-16(24)4-7-20(15)29-2/h4-7,12-13,27H,3,8-11,14H2,1-2H3. The first-order valence-corrected chi connectivity index (χ1v) is 11.0. The van der Waals surface area contributed by atoms with Crippen LogP contribution in [0.5, 0.6) is 17.2 Å². The van der Waals surface area contributed by atoms with Crippen molar-refractivity contribution in [2.24, 2.45) is 0 Å². The summed E-state index contributed by atoms with van der Waals surface area (Å²) in [6.07, 6.45) is 1.67. The molecule has 1 saturated heterocycles. The number of allylic oxidation sites excluding steroid dienone is 1. The lowest BCUT2D eigenvalue weighted by Gasteiger charge is -2.32. The summed E-state index contributed by atoms with van der Waals surface area (Å²) in [5, 5.41) is 12.6. The highest BCUT2D eigenvalue weighted by molar-refractivity contribution is 9.10. The number of quaternary nitrogens is 1. The average Bonchev–Trinajstić information content (AvgIpc) is 3.06. The Balaban J connectivity index is 1.62. The van der Waals surface area contributed by atoms with E-state index in [4.69, 9.17) is 9.47 Å². The number of carbonyl (C=O) groups excluding carboxylic acids is 1. The molecule has 2 heterocycles. The predicted octanol–water partition coefficient (Wildman–Crippen LogP) is 1.87. The minimum atomic E-state index is -0.209. The predicted molar refractivity (Wildman–Crippen MR) is 116 cm³/mol. The maximum Gasteiger partial charge on any atom is 0.231 e. The summed E-state index contributed by atoms with van der Waals surface area (Å²) in [6, 6.07) is 8.62. The molecule has 6 nitrogen and oxygen atoms in total. The summed E-state index contributed by atoms with van der Waals surface area (Å²) in [4.78, 5) is 16.7. The Morgan fingerprint density at radius 1 is 1.27 bits per heavy atom. The van der Waals surface area contributed by atoms with Crippen LogP contribution in [0.1, 0.15) is 28.4 Å². The second kappa shape index (κ2) is 8.79. The molecule has 30 heavy (non-hydrogen) atoms. The zero-order valence-corrected chi connectivity index (χ0v) is 18.8. The fourth-order valence-electron chi connectivity index (χ4n) is 4.03. The lowest BCUT2D eigenvalue weighted by Crippen LogP contribution is -3.13. The number of rotatable bonds is 5. The number of hydrogen-bond donors (Lipinski definition) is 1. The van der Waals surface area contributed by atoms with Gasteiger partial charge in [0.1, 0.15) is 18.0 Å². The Hall–Kier alpha value is -2.35. The summed E-state index contributed by atoms with van der Waals surface area (Å²) < 4.78 is 12.2. The number of ether oxygens (including phenoxy) is 2. The second-order valence-corrected chi connectivity index (χ2v) is 8.52. The molecule has 0 aromatic heterocycles. The van der Waals surface area contributed by atoms with E-state index in [-0.39, 0.29) is 17.3 Å². The number of fused-ring (bicyclic) bond motifs is 1. The molecule has 0 atom stereocenters. The number of Topliss-reactive ketones (excluding diaryl/α,β-unsaturated/α-hetero) is 1.